The van der Waals surface area contributed by atoms with Crippen LogP contribution in [-0.2, 0) is 14.8 Å². The summed E-state index contributed by atoms with van der Waals surface area (Å²) in [6.45, 7) is -0.688. The van der Waals surface area contributed by atoms with Crippen molar-refractivity contribution in [1.29, 1.82) is 0 Å². The molecule has 2 heterocycles. The van der Waals surface area contributed by atoms with Crippen LogP contribution in [0, 0.1) is 0 Å². The van der Waals surface area contributed by atoms with Crippen LogP contribution in [0.4, 0.5) is 32.3 Å². The molecule has 38 heavy (non-hydrogen) atoms. The van der Waals surface area contributed by atoms with Crippen LogP contribution in [0.15, 0.2) is 59.8 Å². The van der Waals surface area contributed by atoms with Gasteiger partial charge in [-0.15, -0.1) is 0 Å². The lowest BCUT2D eigenvalue weighted by atomic mass is 10.1. The van der Waals surface area contributed by atoms with E-state index < -0.39 is 45.6 Å². The van der Waals surface area contributed by atoms with E-state index in [0.717, 1.165) is 9.69 Å². The van der Waals surface area contributed by atoms with Gasteiger partial charge in [-0.2, -0.15) is 30.6 Å². The number of piperazine rings is 1. The first-order chi connectivity index (χ1) is 17.7. The van der Waals surface area contributed by atoms with E-state index in [0.29, 0.717) is 11.6 Å². The average molecular weight is 563 g/mol. The summed E-state index contributed by atoms with van der Waals surface area (Å²) < 4.78 is 104. The van der Waals surface area contributed by atoms with Gasteiger partial charge in [-0.25, -0.2) is 13.2 Å². The second-order valence-electron chi connectivity index (χ2n) is 8.07. The Balaban J connectivity index is 1.58. The summed E-state index contributed by atoms with van der Waals surface area (Å²) in [5.41, 5.74) is -1.17. The fraction of sp³-hybridized carbons (Fsp3) is 0.273. The summed E-state index contributed by atoms with van der Waals surface area (Å²) in [5.74, 6) is -5.72. The number of alkyl halides is 6. The van der Waals surface area contributed by atoms with Gasteiger partial charge in [0.2, 0.25) is 10.0 Å². The number of benzene rings is 2. The molecule has 0 aliphatic carbocycles. The standard InChI is InChI=1S/C22H17F6N4O5S/c23-21(24,25)18(33)16-12-29-20(32(13-16)37-19(34)22(26,27)28)30-7-9-31(10-8-30)38(35,36)17-6-5-14-3-1-2-4-15(14)11-17/h1-6,11-13H,7-10H2/q+1. The van der Waals surface area contributed by atoms with E-state index in [2.05, 4.69) is 9.82 Å². The molecule has 0 radical (unpaired) electrons. The molecular formula is C22H17F6N4O5S+. The van der Waals surface area contributed by atoms with Crippen molar-refractivity contribution >= 4 is 38.5 Å². The molecule has 3 aromatic rings. The summed E-state index contributed by atoms with van der Waals surface area (Å²) in [6.07, 6.45) is -10.1. The summed E-state index contributed by atoms with van der Waals surface area (Å²) in [6, 6.07) is 11.7. The molecule has 1 aliphatic rings. The molecule has 0 unspecified atom stereocenters. The first kappa shape index (κ1) is 27.3. The van der Waals surface area contributed by atoms with E-state index in [9.17, 15) is 44.3 Å². The van der Waals surface area contributed by atoms with E-state index in [1.165, 1.54) is 17.0 Å². The lowest BCUT2D eigenvalue weighted by Gasteiger charge is -2.30. The van der Waals surface area contributed by atoms with Gasteiger partial charge in [0.1, 0.15) is 12.4 Å². The monoisotopic (exact) mass is 563 g/mol. The number of anilines is 1. The fourth-order valence-electron chi connectivity index (χ4n) is 3.72. The van der Waals surface area contributed by atoms with Gasteiger partial charge in [0.25, 0.3) is 5.78 Å². The molecule has 4 rings (SSSR count). The third-order valence-electron chi connectivity index (χ3n) is 5.59. The summed E-state index contributed by atoms with van der Waals surface area (Å²) >= 11 is 0. The van der Waals surface area contributed by atoms with Crippen molar-refractivity contribution < 1.29 is 53.9 Å². The normalized spacial score (nSPS) is 15.5. The Morgan fingerprint density at radius 1 is 0.895 bits per heavy atom. The Morgan fingerprint density at radius 2 is 1.53 bits per heavy atom. The van der Waals surface area contributed by atoms with Gasteiger partial charge in [0, 0.05) is 13.1 Å². The number of fused-ring (bicyclic) bond motifs is 1. The lowest BCUT2D eigenvalue weighted by molar-refractivity contribution is -0.862. The molecular weight excluding hydrogens is 546 g/mol. The van der Waals surface area contributed by atoms with Crippen LogP contribution in [0.2, 0.25) is 0 Å². The minimum Gasteiger partial charge on any atom is -0.284 e. The van der Waals surface area contributed by atoms with Crippen molar-refractivity contribution in [3.05, 3.63) is 60.4 Å². The van der Waals surface area contributed by atoms with Crippen molar-refractivity contribution in [3.8, 4) is 0 Å². The summed E-state index contributed by atoms with van der Waals surface area (Å²) in [5, 5.41) is 1.52. The second kappa shape index (κ2) is 9.83. The molecule has 1 aliphatic heterocycles. The molecule has 1 saturated heterocycles. The van der Waals surface area contributed by atoms with Crippen LogP contribution in [0.5, 0.6) is 0 Å². The maximum absolute atomic E-state index is 13.2. The fourth-order valence-corrected chi connectivity index (χ4v) is 5.18. The van der Waals surface area contributed by atoms with Crippen LogP contribution >= 0.6 is 0 Å². The Morgan fingerprint density at radius 3 is 2.13 bits per heavy atom. The molecule has 1 aromatic heterocycles. The van der Waals surface area contributed by atoms with Gasteiger partial charge in [0.05, 0.1) is 23.5 Å². The van der Waals surface area contributed by atoms with Crippen LogP contribution in [-0.4, -0.2) is 68.0 Å². The van der Waals surface area contributed by atoms with Gasteiger partial charge in [0.15, 0.2) is 0 Å². The number of carbonyl (C=O) groups excluding carboxylic acids is 2. The highest BCUT2D eigenvalue weighted by Gasteiger charge is 2.45. The highest BCUT2D eigenvalue weighted by molar-refractivity contribution is 7.89. The Labute approximate surface area is 210 Å². The Kier molecular flexibility index (Phi) is 7.05. The Bertz CT molecular complexity index is 1500. The molecule has 0 saturated carbocycles. The number of sulfonamides is 1. The zero-order valence-electron chi connectivity index (χ0n) is 19.0. The first-order valence-corrected chi connectivity index (χ1v) is 12.2. The predicted octanol–water partition coefficient (Wildman–Crippen LogP) is 2.30. The number of hydrogen-bond donors (Lipinski definition) is 0. The number of Topliss-reactive ketones (excluding diaryl/α,β-unsaturated/α-hetero) is 1. The van der Waals surface area contributed by atoms with Crippen LogP contribution in [0.1, 0.15) is 10.4 Å². The molecule has 16 heteroatoms. The lowest BCUT2D eigenvalue weighted by Crippen LogP contribution is -2.58. The number of hydrogen-bond acceptors (Lipinski definition) is 7. The molecule has 1 fully saturated rings. The molecule has 0 atom stereocenters. The molecule has 0 amide bonds. The number of aromatic nitrogens is 2. The highest BCUT2D eigenvalue weighted by atomic mass is 32.2. The van der Waals surface area contributed by atoms with Gasteiger partial charge in [-0.1, -0.05) is 35.3 Å². The van der Waals surface area contributed by atoms with E-state index in [-0.39, 0.29) is 42.0 Å². The van der Waals surface area contributed by atoms with Crippen LogP contribution < -0.4 is 14.5 Å². The van der Waals surface area contributed by atoms with E-state index in [1.807, 2.05) is 6.07 Å². The van der Waals surface area contributed by atoms with E-state index >= 15 is 0 Å². The SMILES string of the molecule is O=C(O[n+]1cc(C(=O)C(F)(F)F)cnc1N1CCN(S(=O)(=O)c2ccc3ccccc3c2)CC1)C(F)(F)F. The van der Waals surface area contributed by atoms with Gasteiger partial charge in [-0.3, -0.25) is 14.5 Å². The van der Waals surface area contributed by atoms with Gasteiger partial charge >= 0.3 is 24.3 Å². The highest BCUT2D eigenvalue weighted by Crippen LogP contribution is 2.24. The number of halogens is 6. The maximum Gasteiger partial charge on any atom is 0.495 e. The van der Waals surface area contributed by atoms with Crippen molar-refractivity contribution in [2.24, 2.45) is 0 Å². The molecule has 9 nitrogen and oxygen atoms in total. The van der Waals surface area contributed by atoms with Crippen LogP contribution in [0.25, 0.3) is 10.8 Å². The molecule has 2 aromatic carbocycles. The van der Waals surface area contributed by atoms with Crippen molar-refractivity contribution in [3.63, 3.8) is 0 Å². The van der Waals surface area contributed by atoms with Crippen LogP contribution in [0.3, 0.4) is 0 Å². The third-order valence-corrected chi connectivity index (χ3v) is 7.48. The van der Waals surface area contributed by atoms with Gasteiger partial charge < -0.3 is 0 Å². The number of ketones is 1. The predicted molar refractivity (Wildman–Crippen MR) is 117 cm³/mol. The quantitative estimate of drug-likeness (QED) is 0.267. The second-order valence-corrected chi connectivity index (χ2v) is 10.0. The van der Waals surface area contributed by atoms with E-state index in [4.69, 9.17) is 0 Å². The van der Waals surface area contributed by atoms with Crippen molar-refractivity contribution in [2.75, 3.05) is 31.1 Å². The minimum absolute atomic E-state index is 0.0162. The van der Waals surface area contributed by atoms with E-state index in [1.54, 1.807) is 24.3 Å². The summed E-state index contributed by atoms with van der Waals surface area (Å²) in [4.78, 5) is 31.9. The smallest absolute Gasteiger partial charge is 0.284 e. The first-order valence-electron chi connectivity index (χ1n) is 10.7. The Hall–Kier alpha value is -3.79. The molecule has 0 spiro atoms. The topological polar surface area (TPSA) is 101 Å². The van der Waals surface area contributed by atoms with Gasteiger partial charge in [-0.05, 0) is 27.6 Å². The number of nitrogens with zero attached hydrogens (tertiary/aromatic N) is 4. The van der Waals surface area contributed by atoms with Crippen molar-refractivity contribution in [2.45, 2.75) is 17.2 Å². The number of rotatable bonds is 5. The third kappa shape index (κ3) is 5.55. The zero-order chi connectivity index (χ0) is 27.9. The van der Waals surface area contributed by atoms with Crippen molar-refractivity contribution in [1.82, 2.24) is 9.29 Å². The molecule has 0 N–H and O–H groups in total. The average Bonchev–Trinajstić information content (AvgIpc) is 2.87. The largest absolute Gasteiger partial charge is 0.495 e. The number of carbonyl (C=O) groups is 2. The minimum atomic E-state index is -5.50. The molecule has 202 valence electrons. The zero-order valence-corrected chi connectivity index (χ0v) is 19.8. The maximum atomic E-state index is 13.2. The molecule has 0 bridgehead atoms. The summed E-state index contributed by atoms with van der Waals surface area (Å²) in [7, 11) is -3.97.